The van der Waals surface area contributed by atoms with Gasteiger partial charge in [0.05, 0.1) is 6.10 Å². The van der Waals surface area contributed by atoms with Crippen molar-refractivity contribution >= 4 is 36.0 Å². The van der Waals surface area contributed by atoms with Gasteiger partial charge >= 0.3 is 6.09 Å². The van der Waals surface area contributed by atoms with Crippen LogP contribution in [0.3, 0.4) is 0 Å². The van der Waals surface area contributed by atoms with Gasteiger partial charge in [0, 0.05) is 45.9 Å². The van der Waals surface area contributed by atoms with Crippen molar-refractivity contribution in [2.45, 2.75) is 71.1 Å². The summed E-state index contributed by atoms with van der Waals surface area (Å²) < 4.78 is 11.3. The fraction of sp³-hybridized carbons (Fsp3) is 0.895. The predicted molar refractivity (Wildman–Crippen MR) is 119 cm³/mol. The first-order chi connectivity index (χ1) is 12.3. The van der Waals surface area contributed by atoms with Gasteiger partial charge in [-0.15, -0.1) is 24.0 Å². The molecule has 0 aromatic rings. The molecule has 1 saturated heterocycles. The average Bonchev–Trinajstić information content (AvgIpc) is 3.39. The third-order valence-electron chi connectivity index (χ3n) is 4.61. The highest BCUT2D eigenvalue weighted by atomic mass is 127. The van der Waals surface area contributed by atoms with Crippen LogP contribution in [0.15, 0.2) is 4.99 Å². The van der Waals surface area contributed by atoms with Gasteiger partial charge in [0.1, 0.15) is 5.60 Å². The maximum Gasteiger partial charge on any atom is 0.410 e. The molecule has 7 nitrogen and oxygen atoms in total. The maximum absolute atomic E-state index is 12.4. The smallest absolute Gasteiger partial charge is 0.410 e. The number of aliphatic imine (C=N–C) groups is 1. The van der Waals surface area contributed by atoms with E-state index in [4.69, 9.17) is 9.47 Å². The summed E-state index contributed by atoms with van der Waals surface area (Å²) in [7, 11) is 1.81. The molecular weight excluding hydrogens is 459 g/mol. The molecule has 0 radical (unpaired) electrons. The van der Waals surface area contributed by atoms with Crippen LogP contribution in [0.5, 0.6) is 0 Å². The average molecular weight is 496 g/mol. The number of nitrogens with zero attached hydrogens (tertiary/aromatic N) is 3. The Hall–Kier alpha value is -0.770. The monoisotopic (exact) mass is 496 g/mol. The van der Waals surface area contributed by atoms with Crippen LogP contribution in [0.4, 0.5) is 4.79 Å². The van der Waals surface area contributed by atoms with Crippen LogP contribution in [-0.4, -0.2) is 79.4 Å². The summed E-state index contributed by atoms with van der Waals surface area (Å²) in [6.07, 6.45) is 4.35. The zero-order chi connectivity index (χ0) is 19.2. The Kier molecular flexibility index (Phi) is 10.1. The van der Waals surface area contributed by atoms with Crippen molar-refractivity contribution in [1.82, 2.24) is 15.1 Å². The van der Waals surface area contributed by atoms with Crippen LogP contribution in [0.1, 0.15) is 53.4 Å². The molecule has 2 fully saturated rings. The molecule has 1 amide bonds. The molecule has 1 N–H and O–H groups in total. The number of amides is 1. The second kappa shape index (κ2) is 11.3. The molecule has 0 bridgehead atoms. The van der Waals surface area contributed by atoms with Crippen molar-refractivity contribution in [2.24, 2.45) is 4.99 Å². The second-order valence-electron chi connectivity index (χ2n) is 8.02. The number of rotatable bonds is 6. The van der Waals surface area contributed by atoms with Gasteiger partial charge in [-0.25, -0.2) is 4.79 Å². The van der Waals surface area contributed by atoms with Crippen molar-refractivity contribution in [3.63, 3.8) is 0 Å². The first-order valence-electron chi connectivity index (χ1n) is 9.91. The minimum atomic E-state index is -0.460. The van der Waals surface area contributed by atoms with Crippen LogP contribution in [-0.2, 0) is 9.47 Å². The van der Waals surface area contributed by atoms with Crippen molar-refractivity contribution < 1.29 is 14.3 Å². The lowest BCUT2D eigenvalue weighted by molar-refractivity contribution is 0.0229. The van der Waals surface area contributed by atoms with Gasteiger partial charge < -0.3 is 24.6 Å². The number of guanidine groups is 1. The van der Waals surface area contributed by atoms with Crippen LogP contribution in [0.25, 0.3) is 0 Å². The summed E-state index contributed by atoms with van der Waals surface area (Å²) in [6.45, 7) is 11.7. The molecule has 0 unspecified atom stereocenters. The fourth-order valence-corrected chi connectivity index (χ4v) is 3.22. The Balaban J connectivity index is 0.00000364. The molecule has 2 rings (SSSR count). The molecule has 1 heterocycles. The van der Waals surface area contributed by atoms with E-state index >= 15 is 0 Å². The minimum absolute atomic E-state index is 0. The first-order valence-corrected chi connectivity index (χ1v) is 9.91. The standard InChI is InChI=1S/C19H36N4O3.HI/c1-6-25-16-9-12-22(13-10-16)17(20-5)21-11-14-23(15-7-8-15)18(24)26-19(2,3)4;/h15-16H,6-14H2,1-5H3,(H,20,21);1H. The van der Waals surface area contributed by atoms with Crippen LogP contribution < -0.4 is 5.32 Å². The fourth-order valence-electron chi connectivity index (χ4n) is 3.22. The van der Waals surface area contributed by atoms with Crippen molar-refractivity contribution in [1.29, 1.82) is 0 Å². The molecule has 1 saturated carbocycles. The van der Waals surface area contributed by atoms with Crippen molar-refractivity contribution in [3.05, 3.63) is 0 Å². The SMILES string of the molecule is CCOC1CCN(C(=NC)NCCN(C(=O)OC(C)(C)C)C2CC2)CC1.I. The van der Waals surface area contributed by atoms with E-state index in [1.807, 2.05) is 39.6 Å². The highest BCUT2D eigenvalue weighted by Crippen LogP contribution is 2.28. The van der Waals surface area contributed by atoms with Gasteiger partial charge in [-0.2, -0.15) is 0 Å². The van der Waals surface area contributed by atoms with E-state index in [-0.39, 0.29) is 30.1 Å². The van der Waals surface area contributed by atoms with Crippen LogP contribution in [0.2, 0.25) is 0 Å². The Morgan fingerprint density at radius 3 is 2.33 bits per heavy atom. The third kappa shape index (κ3) is 8.41. The molecule has 2 aliphatic rings. The Morgan fingerprint density at radius 2 is 1.85 bits per heavy atom. The Bertz CT molecular complexity index is 484. The van der Waals surface area contributed by atoms with Gasteiger partial charge in [0.15, 0.2) is 5.96 Å². The number of carbonyl (C=O) groups excluding carboxylic acids is 1. The minimum Gasteiger partial charge on any atom is -0.444 e. The summed E-state index contributed by atoms with van der Waals surface area (Å²) >= 11 is 0. The number of hydrogen-bond donors (Lipinski definition) is 1. The van der Waals surface area contributed by atoms with E-state index in [2.05, 4.69) is 15.2 Å². The summed E-state index contributed by atoms with van der Waals surface area (Å²) in [5.74, 6) is 0.903. The summed E-state index contributed by atoms with van der Waals surface area (Å²) in [6, 6.07) is 0.329. The van der Waals surface area contributed by atoms with E-state index in [1.54, 1.807) is 0 Å². The van der Waals surface area contributed by atoms with Gasteiger partial charge in [-0.3, -0.25) is 4.99 Å². The normalized spacial score (nSPS) is 18.7. The number of piperidine rings is 1. The molecule has 27 heavy (non-hydrogen) atoms. The summed E-state index contributed by atoms with van der Waals surface area (Å²) in [5, 5.41) is 3.40. The lowest BCUT2D eigenvalue weighted by Gasteiger charge is -2.34. The lowest BCUT2D eigenvalue weighted by Crippen LogP contribution is -2.49. The molecule has 0 atom stereocenters. The van der Waals surface area contributed by atoms with Gasteiger partial charge in [0.2, 0.25) is 0 Å². The summed E-state index contributed by atoms with van der Waals surface area (Å²) in [5.41, 5.74) is -0.460. The van der Waals surface area contributed by atoms with E-state index in [0.29, 0.717) is 25.2 Å². The lowest BCUT2D eigenvalue weighted by atomic mass is 10.1. The molecular formula is C19H37IN4O3. The Morgan fingerprint density at radius 1 is 1.22 bits per heavy atom. The van der Waals surface area contributed by atoms with Crippen molar-refractivity contribution in [3.8, 4) is 0 Å². The molecule has 0 spiro atoms. The number of hydrogen-bond acceptors (Lipinski definition) is 4. The van der Waals surface area contributed by atoms with E-state index in [0.717, 1.165) is 51.3 Å². The first kappa shape index (κ1) is 24.3. The molecule has 8 heteroatoms. The highest BCUT2D eigenvalue weighted by Gasteiger charge is 2.35. The number of likely N-dealkylation sites (tertiary alicyclic amines) is 1. The van der Waals surface area contributed by atoms with Gasteiger partial charge in [0.25, 0.3) is 0 Å². The third-order valence-corrected chi connectivity index (χ3v) is 4.61. The highest BCUT2D eigenvalue weighted by molar-refractivity contribution is 14.0. The van der Waals surface area contributed by atoms with Crippen LogP contribution in [0, 0.1) is 0 Å². The molecule has 0 aromatic carbocycles. The van der Waals surface area contributed by atoms with E-state index in [1.165, 1.54) is 0 Å². The van der Waals surface area contributed by atoms with Gasteiger partial charge in [-0.05, 0) is 53.4 Å². The number of carbonyl (C=O) groups is 1. The molecule has 158 valence electrons. The maximum atomic E-state index is 12.4. The molecule has 1 aliphatic carbocycles. The Labute approximate surface area is 181 Å². The summed E-state index contributed by atoms with van der Waals surface area (Å²) in [4.78, 5) is 20.9. The second-order valence-corrected chi connectivity index (χ2v) is 8.02. The van der Waals surface area contributed by atoms with E-state index < -0.39 is 5.60 Å². The number of nitrogens with one attached hydrogen (secondary N) is 1. The zero-order valence-electron chi connectivity index (χ0n) is 17.5. The zero-order valence-corrected chi connectivity index (χ0v) is 19.8. The number of ether oxygens (including phenoxy) is 2. The predicted octanol–water partition coefficient (Wildman–Crippen LogP) is 3.08. The largest absolute Gasteiger partial charge is 0.444 e. The number of halogens is 1. The van der Waals surface area contributed by atoms with Gasteiger partial charge in [-0.1, -0.05) is 0 Å². The van der Waals surface area contributed by atoms with E-state index in [9.17, 15) is 4.79 Å². The van der Waals surface area contributed by atoms with Crippen LogP contribution >= 0.6 is 24.0 Å². The quantitative estimate of drug-likeness (QED) is 0.348. The topological polar surface area (TPSA) is 66.4 Å². The molecule has 0 aromatic heterocycles. The van der Waals surface area contributed by atoms with Crippen molar-refractivity contribution in [2.75, 3.05) is 39.8 Å². The molecule has 1 aliphatic heterocycles.